The number of aryl methyl sites for hydroxylation is 1. The van der Waals surface area contributed by atoms with Crippen molar-refractivity contribution >= 4 is 21.7 Å². The summed E-state index contributed by atoms with van der Waals surface area (Å²) in [6, 6.07) is 6.08. The van der Waals surface area contributed by atoms with E-state index in [1.807, 2.05) is 19.1 Å². The number of nitrogen functional groups attached to an aromatic ring is 1. The molecule has 0 atom stereocenters. The number of nitrogens with two attached hydrogens (primary N) is 1. The van der Waals surface area contributed by atoms with E-state index in [9.17, 15) is 0 Å². The molecule has 4 heteroatoms. The molecule has 2 rings (SSSR count). The van der Waals surface area contributed by atoms with Crippen LogP contribution in [0.5, 0.6) is 0 Å². The van der Waals surface area contributed by atoms with Gasteiger partial charge in [0.15, 0.2) is 11.6 Å². The monoisotopic (exact) mass is 294 g/mol. The number of halogens is 1. The first kappa shape index (κ1) is 12.2. The Bertz CT molecular complexity index is 546. The van der Waals surface area contributed by atoms with Crippen LogP contribution < -0.4 is 5.73 Å². The van der Waals surface area contributed by atoms with Crippen LogP contribution in [0.15, 0.2) is 27.2 Å². The topological polar surface area (TPSA) is 52.0 Å². The fraction of sp³-hybridized carbons (Fsp3) is 0.308. The number of aromatic nitrogens is 1. The molecule has 0 saturated heterocycles. The molecule has 1 aromatic heterocycles. The maximum atomic E-state index is 5.83. The van der Waals surface area contributed by atoms with E-state index < -0.39 is 0 Å². The van der Waals surface area contributed by atoms with Gasteiger partial charge in [-0.2, -0.15) is 0 Å². The second-order valence-electron chi connectivity index (χ2n) is 4.43. The Labute approximate surface area is 109 Å². The normalized spacial score (nSPS) is 11.1. The summed E-state index contributed by atoms with van der Waals surface area (Å²) in [6.07, 6.45) is 0. The van der Waals surface area contributed by atoms with Gasteiger partial charge in [0.25, 0.3) is 0 Å². The molecule has 90 valence electrons. The Hall–Kier alpha value is -1.29. The van der Waals surface area contributed by atoms with Crippen LogP contribution in [0.1, 0.15) is 30.9 Å². The molecule has 0 amide bonds. The second-order valence-corrected chi connectivity index (χ2v) is 5.28. The first-order valence-corrected chi connectivity index (χ1v) is 6.31. The minimum Gasteiger partial charge on any atom is -0.381 e. The smallest absolute Gasteiger partial charge is 0.172 e. The lowest BCUT2D eigenvalue weighted by Gasteiger charge is -2.06. The zero-order valence-corrected chi connectivity index (χ0v) is 11.7. The Morgan fingerprint density at radius 3 is 2.65 bits per heavy atom. The molecule has 0 fully saturated rings. The molecule has 1 heterocycles. The third-order valence-corrected chi connectivity index (χ3v) is 3.64. The SMILES string of the molecule is Cc1cc(-c2onc(N)c2C(C)C)ccc1Br. The van der Waals surface area contributed by atoms with Gasteiger partial charge in [0.2, 0.25) is 0 Å². The summed E-state index contributed by atoms with van der Waals surface area (Å²) in [7, 11) is 0. The van der Waals surface area contributed by atoms with Gasteiger partial charge in [0, 0.05) is 15.6 Å². The zero-order valence-electron chi connectivity index (χ0n) is 10.1. The molecular weight excluding hydrogens is 280 g/mol. The number of hydrogen-bond donors (Lipinski definition) is 1. The maximum Gasteiger partial charge on any atom is 0.172 e. The largest absolute Gasteiger partial charge is 0.381 e. The minimum absolute atomic E-state index is 0.292. The Balaban J connectivity index is 2.56. The first-order chi connectivity index (χ1) is 8.00. The van der Waals surface area contributed by atoms with Crippen molar-refractivity contribution in [2.24, 2.45) is 0 Å². The third-order valence-electron chi connectivity index (χ3n) is 2.75. The standard InChI is InChI=1S/C13H15BrN2O/c1-7(2)11-12(17-16-13(11)15)9-4-5-10(14)8(3)6-9/h4-7H,1-3H3,(H2,15,16). The highest BCUT2D eigenvalue weighted by atomic mass is 79.9. The highest BCUT2D eigenvalue weighted by Gasteiger charge is 2.18. The Kier molecular flexibility index (Phi) is 3.24. The van der Waals surface area contributed by atoms with Crippen LogP contribution in [-0.2, 0) is 0 Å². The van der Waals surface area contributed by atoms with Gasteiger partial charge in [-0.15, -0.1) is 0 Å². The fourth-order valence-electron chi connectivity index (χ4n) is 1.86. The van der Waals surface area contributed by atoms with E-state index in [4.69, 9.17) is 10.3 Å². The lowest BCUT2D eigenvalue weighted by molar-refractivity contribution is 0.434. The highest BCUT2D eigenvalue weighted by molar-refractivity contribution is 9.10. The van der Waals surface area contributed by atoms with Crippen molar-refractivity contribution in [3.63, 3.8) is 0 Å². The molecule has 0 spiro atoms. The summed E-state index contributed by atoms with van der Waals surface area (Å²) in [6.45, 7) is 6.21. The van der Waals surface area contributed by atoms with Gasteiger partial charge < -0.3 is 10.3 Å². The van der Waals surface area contributed by atoms with Gasteiger partial charge in [-0.3, -0.25) is 0 Å². The molecule has 2 N–H and O–H groups in total. The van der Waals surface area contributed by atoms with Crippen molar-refractivity contribution in [1.29, 1.82) is 0 Å². The van der Waals surface area contributed by atoms with Crippen LogP contribution >= 0.6 is 15.9 Å². The van der Waals surface area contributed by atoms with Crippen LogP contribution in [0.2, 0.25) is 0 Å². The second kappa shape index (κ2) is 4.53. The van der Waals surface area contributed by atoms with E-state index in [-0.39, 0.29) is 0 Å². The fourth-order valence-corrected chi connectivity index (χ4v) is 2.11. The number of anilines is 1. The molecule has 0 radical (unpaired) electrons. The predicted molar refractivity (Wildman–Crippen MR) is 72.9 cm³/mol. The van der Waals surface area contributed by atoms with Crippen molar-refractivity contribution in [3.8, 4) is 11.3 Å². The summed E-state index contributed by atoms with van der Waals surface area (Å²) in [5, 5.41) is 3.86. The number of nitrogens with zero attached hydrogens (tertiary/aromatic N) is 1. The number of rotatable bonds is 2. The molecule has 0 bridgehead atoms. The van der Waals surface area contributed by atoms with Crippen LogP contribution in [0.3, 0.4) is 0 Å². The van der Waals surface area contributed by atoms with Gasteiger partial charge >= 0.3 is 0 Å². The quantitative estimate of drug-likeness (QED) is 0.906. The minimum atomic E-state index is 0.292. The van der Waals surface area contributed by atoms with Crippen LogP contribution in [0.4, 0.5) is 5.82 Å². The average Bonchev–Trinajstić information content (AvgIpc) is 2.64. The van der Waals surface area contributed by atoms with Crippen molar-refractivity contribution in [2.45, 2.75) is 26.7 Å². The third kappa shape index (κ3) is 2.22. The Morgan fingerprint density at radius 2 is 2.06 bits per heavy atom. The van der Waals surface area contributed by atoms with Gasteiger partial charge in [0.1, 0.15) is 0 Å². The van der Waals surface area contributed by atoms with E-state index >= 15 is 0 Å². The lowest BCUT2D eigenvalue weighted by Crippen LogP contribution is -1.95. The van der Waals surface area contributed by atoms with Gasteiger partial charge in [-0.05, 0) is 36.6 Å². The summed E-state index contributed by atoms with van der Waals surface area (Å²) >= 11 is 3.48. The van der Waals surface area contributed by atoms with E-state index in [0.717, 1.165) is 26.9 Å². The van der Waals surface area contributed by atoms with Crippen molar-refractivity contribution in [2.75, 3.05) is 5.73 Å². The molecule has 1 aromatic carbocycles. The van der Waals surface area contributed by atoms with Crippen molar-refractivity contribution in [1.82, 2.24) is 5.16 Å². The Morgan fingerprint density at radius 1 is 1.35 bits per heavy atom. The lowest BCUT2D eigenvalue weighted by atomic mass is 9.98. The van der Waals surface area contributed by atoms with Gasteiger partial charge in [-0.25, -0.2) is 0 Å². The van der Waals surface area contributed by atoms with Crippen molar-refractivity contribution < 1.29 is 4.52 Å². The van der Waals surface area contributed by atoms with Crippen LogP contribution in [0, 0.1) is 6.92 Å². The summed E-state index contributed by atoms with van der Waals surface area (Å²) in [5.41, 5.74) is 8.98. The highest BCUT2D eigenvalue weighted by Crippen LogP contribution is 2.34. The molecule has 0 saturated carbocycles. The maximum absolute atomic E-state index is 5.83. The average molecular weight is 295 g/mol. The van der Waals surface area contributed by atoms with Crippen molar-refractivity contribution in [3.05, 3.63) is 33.8 Å². The van der Waals surface area contributed by atoms with Gasteiger partial charge in [0.05, 0.1) is 0 Å². The summed E-state index contributed by atoms with van der Waals surface area (Å²) < 4.78 is 6.43. The molecule has 0 aliphatic rings. The van der Waals surface area contributed by atoms with Gasteiger partial charge in [-0.1, -0.05) is 34.9 Å². The predicted octanol–water partition coefficient (Wildman–Crippen LogP) is 4.12. The van der Waals surface area contributed by atoms with E-state index in [1.165, 1.54) is 0 Å². The molecule has 17 heavy (non-hydrogen) atoms. The molecule has 0 aliphatic carbocycles. The molecule has 3 nitrogen and oxygen atoms in total. The number of hydrogen-bond acceptors (Lipinski definition) is 3. The molecular formula is C13H15BrN2O. The number of benzene rings is 1. The van der Waals surface area contributed by atoms with Crippen LogP contribution in [0.25, 0.3) is 11.3 Å². The van der Waals surface area contributed by atoms with E-state index in [1.54, 1.807) is 0 Å². The molecule has 2 aromatic rings. The first-order valence-electron chi connectivity index (χ1n) is 5.52. The summed E-state index contributed by atoms with van der Waals surface area (Å²) in [5.74, 6) is 1.55. The van der Waals surface area contributed by atoms with E-state index in [0.29, 0.717) is 11.7 Å². The van der Waals surface area contributed by atoms with Crippen LogP contribution in [-0.4, -0.2) is 5.16 Å². The summed E-state index contributed by atoms with van der Waals surface area (Å²) in [4.78, 5) is 0. The van der Waals surface area contributed by atoms with E-state index in [2.05, 4.69) is 41.0 Å². The molecule has 0 aliphatic heterocycles. The zero-order chi connectivity index (χ0) is 12.6. The molecule has 0 unspecified atom stereocenters.